The number of esters is 1. The zero-order chi connectivity index (χ0) is 39.7. The number of hydrogen-bond donors (Lipinski definition) is 1. The number of aliphatic hydroxyl groups is 1. The van der Waals surface area contributed by atoms with Gasteiger partial charge in [0, 0.05) is 40.1 Å². The van der Waals surface area contributed by atoms with Gasteiger partial charge in [0.15, 0.2) is 0 Å². The highest BCUT2D eigenvalue weighted by Crippen LogP contribution is 2.41. The fraction of sp³-hybridized carbons (Fsp3) is 0.366. The first kappa shape index (κ1) is 42.1. The summed E-state index contributed by atoms with van der Waals surface area (Å²) in [5.41, 5.74) is 1.63. The second-order valence-corrected chi connectivity index (χ2v) is 15.8. The van der Waals surface area contributed by atoms with Crippen molar-refractivity contribution in [3.8, 4) is 23.1 Å². The Morgan fingerprint density at radius 1 is 1.11 bits per heavy atom. The van der Waals surface area contributed by atoms with E-state index < -0.39 is 46.9 Å². The zero-order valence-electron chi connectivity index (χ0n) is 31.9. The van der Waals surface area contributed by atoms with E-state index in [1.165, 1.54) is 27.0 Å². The predicted octanol–water partition coefficient (Wildman–Crippen LogP) is 4.11. The molecule has 15 heteroatoms. The van der Waals surface area contributed by atoms with Crippen LogP contribution in [0.15, 0.2) is 72.6 Å². The summed E-state index contributed by atoms with van der Waals surface area (Å²) < 4.78 is 44.1. The molecule has 1 fully saturated rings. The number of amides is 1. The molecule has 1 N–H and O–H groups in total. The highest BCUT2D eigenvalue weighted by atomic mass is 79.9. The molecular weight excluding hydrogens is 806 g/mol. The third kappa shape index (κ3) is 9.31. The van der Waals surface area contributed by atoms with Crippen LogP contribution in [0.4, 0.5) is 13.6 Å². The summed E-state index contributed by atoms with van der Waals surface area (Å²) in [4.78, 5) is 32.2. The van der Waals surface area contributed by atoms with Gasteiger partial charge in [-0.1, -0.05) is 25.1 Å². The Hall–Kier alpha value is -5.04. The van der Waals surface area contributed by atoms with E-state index in [1.807, 2.05) is 31.4 Å². The van der Waals surface area contributed by atoms with Crippen molar-refractivity contribution < 1.29 is 54.5 Å². The van der Waals surface area contributed by atoms with Crippen LogP contribution in [0.5, 0.6) is 5.75 Å². The molecule has 2 aromatic heterocycles. The van der Waals surface area contributed by atoms with Crippen molar-refractivity contribution in [3.05, 3.63) is 117 Å². The highest BCUT2D eigenvalue weighted by molar-refractivity contribution is 7.10. The van der Waals surface area contributed by atoms with Gasteiger partial charge in [-0.2, -0.15) is 5.26 Å². The van der Waals surface area contributed by atoms with E-state index >= 15 is 4.39 Å². The number of likely N-dealkylation sites (tertiary alicyclic amines) is 1. The van der Waals surface area contributed by atoms with E-state index in [2.05, 4.69) is 11.2 Å². The Labute approximate surface area is 338 Å². The van der Waals surface area contributed by atoms with Crippen LogP contribution in [-0.4, -0.2) is 55.0 Å². The van der Waals surface area contributed by atoms with Gasteiger partial charge in [0.1, 0.15) is 41.2 Å². The maximum absolute atomic E-state index is 15.4. The maximum Gasteiger partial charge on any atom is 0.411 e. The second-order valence-electron chi connectivity index (χ2n) is 15.0. The summed E-state index contributed by atoms with van der Waals surface area (Å²) in [5, 5.41) is 28.4. The topological polar surface area (TPSA) is 134 Å². The average molecular weight is 850 g/mol. The predicted molar refractivity (Wildman–Crippen MR) is 200 cm³/mol. The van der Waals surface area contributed by atoms with Crippen molar-refractivity contribution in [1.29, 1.82) is 5.26 Å². The van der Waals surface area contributed by atoms with Gasteiger partial charge < -0.3 is 31.6 Å². The Morgan fingerprint density at radius 2 is 1.80 bits per heavy atom. The van der Waals surface area contributed by atoms with Crippen LogP contribution >= 0.6 is 11.3 Å². The highest BCUT2D eigenvalue weighted by Gasteiger charge is 2.43. The lowest BCUT2D eigenvalue weighted by atomic mass is 9.82. The van der Waals surface area contributed by atoms with Crippen LogP contribution in [0.1, 0.15) is 79.3 Å². The molecule has 0 spiro atoms. The number of aromatic nitrogens is 4. The van der Waals surface area contributed by atoms with E-state index in [0.717, 1.165) is 34.4 Å². The fourth-order valence-corrected chi connectivity index (χ4v) is 7.80. The number of halogens is 3. The van der Waals surface area contributed by atoms with Gasteiger partial charge in [0.25, 0.3) is 6.33 Å². The molecule has 3 aromatic carbocycles. The number of nitrogens with zero attached hydrogens (tertiary/aromatic N) is 6. The molecule has 11 nitrogen and oxygen atoms in total. The van der Waals surface area contributed by atoms with Gasteiger partial charge >= 0.3 is 12.1 Å². The van der Waals surface area contributed by atoms with Crippen molar-refractivity contribution in [3.63, 3.8) is 0 Å². The Balaban J connectivity index is 0.00000600. The van der Waals surface area contributed by atoms with Gasteiger partial charge in [-0.25, -0.2) is 27.9 Å². The van der Waals surface area contributed by atoms with Crippen molar-refractivity contribution in [2.24, 2.45) is 0 Å². The standard InChI is InChI=1S/C41H43F2N6O5S.BrH/c1-25-16-29(17-26(2)36(25)53-38(50)35-8-7-15-49(35)39(51)54-40(4,5)6)20-47-23-45-48(24-47)22-41(52,32-14-13-31(42)18-33(32)43)27(3)37-46-34(21-55-37)30-11-9-28(19-44)10-12-30;/h9-14,16-18,21,23-24,27,35,52H,7-8,15,20,22H2,1-6H3;1H/q+1;/p-1/t27-,35-,41+;/m0./s1. The van der Waals surface area contributed by atoms with Crippen LogP contribution in [0.3, 0.4) is 0 Å². The summed E-state index contributed by atoms with van der Waals surface area (Å²) in [6.45, 7) is 11.4. The monoisotopic (exact) mass is 848 g/mol. The van der Waals surface area contributed by atoms with Crippen LogP contribution in [0.2, 0.25) is 0 Å². The number of nitriles is 1. The summed E-state index contributed by atoms with van der Waals surface area (Å²) in [6, 6.07) is 15.2. The number of hydrogen-bond acceptors (Lipinski definition) is 9. The number of carbonyl (C=O) groups is 2. The van der Waals surface area contributed by atoms with E-state index in [0.29, 0.717) is 47.9 Å². The molecule has 0 radical (unpaired) electrons. The molecule has 3 heterocycles. The van der Waals surface area contributed by atoms with E-state index in [4.69, 9.17) is 19.7 Å². The lowest BCUT2D eigenvalue weighted by molar-refractivity contribution is -0.689. The average Bonchev–Trinajstić information content (AvgIpc) is 3.91. The van der Waals surface area contributed by atoms with Crippen molar-refractivity contribution in [2.45, 2.75) is 90.6 Å². The lowest BCUT2D eigenvalue weighted by Crippen LogP contribution is -3.00. The summed E-state index contributed by atoms with van der Waals surface area (Å²) >= 11 is 1.31. The molecule has 294 valence electrons. The van der Waals surface area contributed by atoms with Crippen LogP contribution < -0.4 is 26.3 Å². The summed E-state index contributed by atoms with van der Waals surface area (Å²) in [6.07, 6.45) is 3.89. The first-order valence-electron chi connectivity index (χ1n) is 17.9. The number of rotatable bonds is 10. The van der Waals surface area contributed by atoms with Crippen molar-refractivity contribution in [2.75, 3.05) is 6.54 Å². The number of aryl methyl sites for hydroxylation is 2. The Bertz CT molecular complexity index is 2240. The smallest absolute Gasteiger partial charge is 0.411 e. The van der Waals surface area contributed by atoms with Crippen LogP contribution in [-0.2, 0) is 28.2 Å². The molecule has 1 aliphatic heterocycles. The van der Waals surface area contributed by atoms with Gasteiger partial charge in [-0.15, -0.1) is 16.0 Å². The molecule has 0 unspecified atom stereocenters. The Kier molecular flexibility index (Phi) is 12.8. The molecule has 1 saturated heterocycles. The zero-order valence-corrected chi connectivity index (χ0v) is 34.3. The minimum absolute atomic E-state index is 0. The SMILES string of the molecule is Cc1cc(C[n+]2cnn(C[C@](O)(c3ccc(F)cc3F)[C@@H](C)c3nc(-c4ccc(C#N)cc4)cs3)c2)cc(C)c1OC(=O)[C@@H]1CCCN1C(=O)OC(C)(C)C.[Br-]. The second kappa shape index (κ2) is 17.0. The molecule has 1 aliphatic rings. The molecule has 1 amide bonds. The summed E-state index contributed by atoms with van der Waals surface area (Å²) in [7, 11) is 0. The molecule has 3 atom stereocenters. The fourth-order valence-electron chi connectivity index (χ4n) is 6.83. The van der Waals surface area contributed by atoms with Gasteiger partial charge in [0.2, 0.25) is 6.33 Å². The molecule has 0 aliphatic carbocycles. The minimum atomic E-state index is -1.89. The van der Waals surface area contributed by atoms with Crippen LogP contribution in [0.25, 0.3) is 11.3 Å². The van der Waals surface area contributed by atoms with Crippen LogP contribution in [0, 0.1) is 36.8 Å². The van der Waals surface area contributed by atoms with E-state index in [9.17, 15) is 19.1 Å². The molecule has 6 rings (SSSR count). The third-order valence-corrected chi connectivity index (χ3v) is 10.6. The Morgan fingerprint density at radius 3 is 2.45 bits per heavy atom. The van der Waals surface area contributed by atoms with E-state index in [1.54, 1.807) is 69.2 Å². The summed E-state index contributed by atoms with van der Waals surface area (Å²) in [5.74, 6) is -2.49. The largest absolute Gasteiger partial charge is 1.00 e. The third-order valence-electron chi connectivity index (χ3n) is 9.59. The van der Waals surface area contributed by atoms with Gasteiger partial charge in [-0.3, -0.25) is 4.90 Å². The number of benzene rings is 3. The molecule has 5 aromatic rings. The molecular formula is C41H43BrF2N6O5S. The van der Waals surface area contributed by atoms with Gasteiger partial charge in [0.05, 0.1) is 28.9 Å². The quantitative estimate of drug-likeness (QED) is 0.126. The maximum atomic E-state index is 15.4. The number of carbonyl (C=O) groups excluding carboxylic acids is 2. The van der Waals surface area contributed by atoms with E-state index in [-0.39, 0.29) is 29.1 Å². The normalized spacial score (nSPS) is 15.7. The molecule has 0 saturated carbocycles. The first-order valence-corrected chi connectivity index (χ1v) is 18.8. The number of thiazole rings is 1. The lowest BCUT2D eigenvalue weighted by Gasteiger charge is -2.32. The van der Waals surface area contributed by atoms with Crippen molar-refractivity contribution in [1.82, 2.24) is 19.7 Å². The molecule has 0 bridgehead atoms. The first-order chi connectivity index (χ1) is 26.0. The number of ether oxygens (including phenoxy) is 2. The van der Waals surface area contributed by atoms with Gasteiger partial charge in [-0.05, 0) is 94.5 Å². The van der Waals surface area contributed by atoms with Crippen molar-refractivity contribution >= 4 is 23.4 Å². The minimum Gasteiger partial charge on any atom is -1.00 e. The molecule has 56 heavy (non-hydrogen) atoms.